The molecule has 0 amide bonds. The number of nitrogens with zero attached hydrogens (tertiary/aromatic N) is 4. The molecule has 1 fully saturated rings. The van der Waals surface area contributed by atoms with E-state index in [0.717, 1.165) is 21.5 Å². The number of aliphatic hydroxyl groups is 1. The third-order valence-electron chi connectivity index (χ3n) is 4.79. The number of hydrogen-bond acceptors (Lipinski definition) is 8. The first-order chi connectivity index (χ1) is 14.1. The van der Waals surface area contributed by atoms with Gasteiger partial charge in [-0.2, -0.15) is 18.2 Å². The number of nitrogens with one attached hydrogen (secondary N) is 3. The fraction of sp³-hybridized carbons (Fsp3) is 0.556. The second-order valence-corrected chi connectivity index (χ2v) is 8.31. The van der Waals surface area contributed by atoms with Crippen molar-refractivity contribution >= 4 is 45.0 Å². The number of thiophene rings is 1. The van der Waals surface area contributed by atoms with Crippen molar-refractivity contribution in [1.29, 1.82) is 10.8 Å². The van der Waals surface area contributed by atoms with Gasteiger partial charge in [-0.25, -0.2) is 4.98 Å². The minimum absolute atomic E-state index is 0. The molecule has 0 aliphatic carbocycles. The molecule has 9 nitrogen and oxygen atoms in total. The Bertz CT molecular complexity index is 950. The van der Waals surface area contributed by atoms with Crippen molar-refractivity contribution < 1.29 is 23.8 Å². The smallest absolute Gasteiger partial charge is 0.412 e. The lowest BCUT2D eigenvalue weighted by Gasteiger charge is -2.37. The van der Waals surface area contributed by atoms with Crippen molar-refractivity contribution in [2.45, 2.75) is 26.4 Å². The molecule has 0 saturated carbocycles. The summed E-state index contributed by atoms with van der Waals surface area (Å²) in [5.74, 6) is -0.890. The van der Waals surface area contributed by atoms with Crippen LogP contribution in [-0.4, -0.2) is 76.1 Å². The predicted molar refractivity (Wildman–Crippen MR) is 116 cm³/mol. The average Bonchev–Trinajstić information content (AvgIpc) is 3.13. The van der Waals surface area contributed by atoms with Gasteiger partial charge in [0.05, 0.1) is 11.9 Å². The SMILES string of the molecule is CCc1cc2c(N3CCN(C(=N)C(F)(F)F)C(=N)C3)nc(NCC(C)CO)nc2s1.O. The van der Waals surface area contributed by atoms with E-state index in [0.29, 0.717) is 23.2 Å². The van der Waals surface area contributed by atoms with Crippen molar-refractivity contribution in [3.8, 4) is 0 Å². The summed E-state index contributed by atoms with van der Waals surface area (Å²) in [5, 5.41) is 28.5. The summed E-state index contributed by atoms with van der Waals surface area (Å²) in [5.41, 5.74) is 0. The molecule has 2 aromatic rings. The molecule has 0 radical (unpaired) electrons. The Morgan fingerprint density at radius 3 is 2.65 bits per heavy atom. The van der Waals surface area contributed by atoms with Crippen LogP contribution in [0, 0.1) is 16.7 Å². The molecule has 0 bridgehead atoms. The summed E-state index contributed by atoms with van der Waals surface area (Å²) in [6.07, 6.45) is -3.97. The number of aliphatic hydroxyl groups excluding tert-OH is 1. The lowest BCUT2D eigenvalue weighted by atomic mass is 10.2. The summed E-state index contributed by atoms with van der Waals surface area (Å²) in [6, 6.07) is 1.98. The van der Waals surface area contributed by atoms with E-state index >= 15 is 0 Å². The summed E-state index contributed by atoms with van der Waals surface area (Å²) < 4.78 is 38.7. The summed E-state index contributed by atoms with van der Waals surface area (Å²) in [7, 11) is 0. The monoisotopic (exact) mass is 461 g/mol. The molecule has 31 heavy (non-hydrogen) atoms. The van der Waals surface area contributed by atoms with E-state index < -0.39 is 12.0 Å². The van der Waals surface area contributed by atoms with Crippen LogP contribution in [0.5, 0.6) is 0 Å². The second-order valence-electron chi connectivity index (χ2n) is 7.19. The van der Waals surface area contributed by atoms with Crippen LogP contribution < -0.4 is 10.2 Å². The third kappa shape index (κ3) is 5.40. The van der Waals surface area contributed by atoms with E-state index in [9.17, 15) is 18.3 Å². The molecule has 1 atom stereocenters. The minimum Gasteiger partial charge on any atom is -0.412 e. The molecule has 2 aromatic heterocycles. The highest BCUT2D eigenvalue weighted by atomic mass is 32.1. The highest BCUT2D eigenvalue weighted by Gasteiger charge is 2.41. The zero-order chi connectivity index (χ0) is 22.1. The quantitative estimate of drug-likeness (QED) is 0.383. The number of fused-ring (bicyclic) bond motifs is 1. The number of halogens is 3. The van der Waals surface area contributed by atoms with Gasteiger partial charge in [-0.05, 0) is 18.4 Å². The zero-order valence-corrected chi connectivity index (χ0v) is 18.0. The summed E-state index contributed by atoms with van der Waals surface area (Å²) in [6.45, 7) is 4.37. The van der Waals surface area contributed by atoms with Crippen molar-refractivity contribution in [3.63, 3.8) is 0 Å². The van der Waals surface area contributed by atoms with Gasteiger partial charge in [-0.1, -0.05) is 13.8 Å². The lowest BCUT2D eigenvalue weighted by Crippen LogP contribution is -2.55. The molecule has 0 aromatic carbocycles. The number of hydrogen-bond donors (Lipinski definition) is 4. The van der Waals surface area contributed by atoms with Crippen LogP contribution in [0.4, 0.5) is 24.9 Å². The first-order valence-electron chi connectivity index (χ1n) is 9.54. The molecule has 3 rings (SSSR count). The predicted octanol–water partition coefficient (Wildman–Crippen LogP) is 2.11. The van der Waals surface area contributed by atoms with E-state index in [-0.39, 0.29) is 43.5 Å². The van der Waals surface area contributed by atoms with Crippen molar-refractivity contribution in [1.82, 2.24) is 14.9 Å². The minimum atomic E-state index is -4.79. The largest absolute Gasteiger partial charge is 0.449 e. The third-order valence-corrected chi connectivity index (χ3v) is 5.96. The number of amidine groups is 2. The van der Waals surface area contributed by atoms with E-state index in [4.69, 9.17) is 10.8 Å². The first kappa shape index (κ1) is 24.8. The maximum Gasteiger partial charge on any atom is 0.449 e. The van der Waals surface area contributed by atoms with Crippen molar-refractivity contribution in [2.75, 3.05) is 43.0 Å². The molecule has 1 aliphatic rings. The maximum absolute atomic E-state index is 12.9. The lowest BCUT2D eigenvalue weighted by molar-refractivity contribution is -0.0671. The van der Waals surface area contributed by atoms with Crippen LogP contribution in [0.25, 0.3) is 10.2 Å². The van der Waals surface area contributed by atoms with Gasteiger partial charge in [-0.15, -0.1) is 11.3 Å². The van der Waals surface area contributed by atoms with Gasteiger partial charge < -0.3 is 25.7 Å². The first-order valence-corrected chi connectivity index (χ1v) is 10.4. The molecular formula is C18H26F3N7O2S. The van der Waals surface area contributed by atoms with Crippen LogP contribution in [0.1, 0.15) is 18.7 Å². The fourth-order valence-electron chi connectivity index (χ4n) is 3.06. The van der Waals surface area contributed by atoms with Gasteiger partial charge in [0, 0.05) is 31.1 Å². The molecule has 6 N–H and O–H groups in total. The molecule has 3 heterocycles. The summed E-state index contributed by atoms with van der Waals surface area (Å²) >= 11 is 1.53. The second kappa shape index (κ2) is 9.75. The van der Waals surface area contributed by atoms with Crippen molar-refractivity contribution in [2.24, 2.45) is 5.92 Å². The van der Waals surface area contributed by atoms with Crippen molar-refractivity contribution in [3.05, 3.63) is 10.9 Å². The standard InChI is InChI=1S/C18H24F3N7OS.H2O/c1-3-11-6-12-14(25-17(26-15(12)30-11)24-7-10(2)9-29)27-4-5-28(13(22)8-27)16(23)18(19,20)21;/h6,10,22-23,29H,3-5,7-9H2,1-2H3,(H,24,25,26);1H2. The van der Waals surface area contributed by atoms with Crippen LogP contribution in [0.15, 0.2) is 6.07 Å². The number of anilines is 2. The molecule has 172 valence electrons. The van der Waals surface area contributed by atoms with Crippen LogP contribution in [-0.2, 0) is 6.42 Å². The number of alkyl halides is 3. The Morgan fingerprint density at radius 2 is 2.06 bits per heavy atom. The van der Waals surface area contributed by atoms with Crippen LogP contribution in [0.2, 0.25) is 0 Å². The fourth-order valence-corrected chi connectivity index (χ4v) is 4.02. The molecule has 1 aliphatic heterocycles. The molecular weight excluding hydrogens is 435 g/mol. The molecule has 13 heteroatoms. The van der Waals surface area contributed by atoms with Gasteiger partial charge in [-0.3, -0.25) is 10.8 Å². The molecule has 1 saturated heterocycles. The average molecular weight is 462 g/mol. The normalized spacial score (nSPS) is 15.7. The Hall–Kier alpha value is -2.51. The van der Waals surface area contributed by atoms with Crippen LogP contribution >= 0.6 is 11.3 Å². The van der Waals surface area contributed by atoms with E-state index in [2.05, 4.69) is 15.3 Å². The van der Waals surface area contributed by atoms with E-state index in [1.807, 2.05) is 19.9 Å². The Kier molecular flexibility index (Phi) is 7.78. The number of rotatable bonds is 6. The number of aryl methyl sites for hydroxylation is 1. The highest BCUT2D eigenvalue weighted by molar-refractivity contribution is 7.18. The highest BCUT2D eigenvalue weighted by Crippen LogP contribution is 2.33. The van der Waals surface area contributed by atoms with Gasteiger partial charge >= 0.3 is 6.18 Å². The topological polar surface area (TPSA) is 144 Å². The van der Waals surface area contributed by atoms with Gasteiger partial charge in [0.25, 0.3) is 0 Å². The van der Waals surface area contributed by atoms with Gasteiger partial charge in [0.15, 0.2) is 0 Å². The Morgan fingerprint density at radius 1 is 1.35 bits per heavy atom. The Balaban J connectivity index is 0.00000341. The van der Waals surface area contributed by atoms with Crippen LogP contribution in [0.3, 0.4) is 0 Å². The Labute approximate surface area is 181 Å². The molecule has 1 unspecified atom stereocenters. The van der Waals surface area contributed by atoms with Gasteiger partial charge in [0.1, 0.15) is 16.5 Å². The number of piperazine rings is 1. The molecule has 0 spiro atoms. The van der Waals surface area contributed by atoms with Gasteiger partial charge in [0.2, 0.25) is 11.8 Å². The number of aromatic nitrogens is 2. The maximum atomic E-state index is 12.9. The summed E-state index contributed by atoms with van der Waals surface area (Å²) in [4.78, 5) is 13.4. The zero-order valence-electron chi connectivity index (χ0n) is 17.2. The van der Waals surface area contributed by atoms with E-state index in [1.54, 1.807) is 4.90 Å². The van der Waals surface area contributed by atoms with E-state index in [1.165, 1.54) is 11.3 Å².